The average Bonchev–Trinajstić information content (AvgIpc) is 2.45. The number of anilines is 1. The van der Waals surface area contributed by atoms with Gasteiger partial charge in [-0.25, -0.2) is 8.42 Å². The van der Waals surface area contributed by atoms with E-state index >= 15 is 0 Å². The summed E-state index contributed by atoms with van der Waals surface area (Å²) in [4.78, 5) is 0.366. The highest BCUT2D eigenvalue weighted by Crippen LogP contribution is 2.30. The van der Waals surface area contributed by atoms with Crippen LogP contribution in [0.3, 0.4) is 0 Å². The van der Waals surface area contributed by atoms with Gasteiger partial charge in [0.1, 0.15) is 4.90 Å². The predicted molar refractivity (Wildman–Crippen MR) is 76.3 cm³/mol. The molecule has 100 valence electrons. The Kier molecular flexibility index (Phi) is 4.29. The lowest BCUT2D eigenvalue weighted by Gasteiger charge is -2.19. The van der Waals surface area contributed by atoms with Crippen LogP contribution in [0.1, 0.15) is 19.8 Å². The third kappa shape index (κ3) is 2.70. The van der Waals surface area contributed by atoms with Gasteiger partial charge in [0.05, 0.1) is 5.69 Å². The van der Waals surface area contributed by atoms with Crippen molar-refractivity contribution in [1.29, 1.82) is 0 Å². The largest absolute Gasteiger partial charge is 0.383 e. The van der Waals surface area contributed by atoms with Crippen LogP contribution in [0.5, 0.6) is 0 Å². The van der Waals surface area contributed by atoms with Crippen LogP contribution in [0.25, 0.3) is 0 Å². The standard InChI is InChI=1S/C12H17BrN2O2S/c1-2-3-7-15-8-6-14-11-5-4-10(13)9-12(11)18(15,16)17/h4-5,9,14H,2-3,6-8H2,1H3. The molecule has 1 aliphatic heterocycles. The number of fused-ring (bicyclic) bond motifs is 1. The molecule has 4 nitrogen and oxygen atoms in total. The molecule has 6 heteroatoms. The average molecular weight is 333 g/mol. The minimum absolute atomic E-state index is 0.366. The molecule has 0 bridgehead atoms. The lowest BCUT2D eigenvalue weighted by atomic mass is 10.3. The third-order valence-corrected chi connectivity index (χ3v) is 5.43. The summed E-state index contributed by atoms with van der Waals surface area (Å²) in [5.74, 6) is 0. The van der Waals surface area contributed by atoms with Gasteiger partial charge >= 0.3 is 0 Å². The highest BCUT2D eigenvalue weighted by Gasteiger charge is 2.29. The maximum Gasteiger partial charge on any atom is 0.245 e. The fourth-order valence-corrected chi connectivity index (χ4v) is 4.18. The van der Waals surface area contributed by atoms with Gasteiger partial charge in [-0.15, -0.1) is 0 Å². The summed E-state index contributed by atoms with van der Waals surface area (Å²) in [5, 5.41) is 3.17. The molecule has 2 rings (SSSR count). The zero-order chi connectivity index (χ0) is 13.2. The van der Waals surface area contributed by atoms with Gasteiger partial charge in [0.2, 0.25) is 10.0 Å². The van der Waals surface area contributed by atoms with E-state index in [9.17, 15) is 8.42 Å². The molecule has 0 aliphatic carbocycles. The topological polar surface area (TPSA) is 49.4 Å². The first-order valence-corrected chi connectivity index (χ1v) is 8.32. The van der Waals surface area contributed by atoms with E-state index in [4.69, 9.17) is 0 Å². The van der Waals surface area contributed by atoms with E-state index in [1.807, 2.05) is 6.07 Å². The van der Waals surface area contributed by atoms with E-state index in [1.54, 1.807) is 16.4 Å². The quantitative estimate of drug-likeness (QED) is 0.925. The Morgan fingerprint density at radius 1 is 1.44 bits per heavy atom. The molecule has 0 radical (unpaired) electrons. The molecule has 1 aliphatic rings. The highest BCUT2D eigenvalue weighted by atomic mass is 79.9. The van der Waals surface area contributed by atoms with Gasteiger partial charge in [-0.05, 0) is 24.6 Å². The lowest BCUT2D eigenvalue weighted by Crippen LogP contribution is -2.33. The van der Waals surface area contributed by atoms with Crippen LogP contribution in [0.2, 0.25) is 0 Å². The van der Waals surface area contributed by atoms with Crippen molar-refractivity contribution in [2.45, 2.75) is 24.7 Å². The molecule has 1 aromatic carbocycles. The van der Waals surface area contributed by atoms with E-state index < -0.39 is 10.0 Å². The zero-order valence-corrected chi connectivity index (χ0v) is 12.7. The maximum absolute atomic E-state index is 12.5. The van der Waals surface area contributed by atoms with Gasteiger partial charge in [-0.2, -0.15) is 4.31 Å². The molecule has 0 saturated carbocycles. The van der Waals surface area contributed by atoms with Gasteiger partial charge in [-0.3, -0.25) is 0 Å². The number of nitrogens with zero attached hydrogens (tertiary/aromatic N) is 1. The molecule has 0 unspecified atom stereocenters. The first-order valence-electron chi connectivity index (χ1n) is 6.09. The van der Waals surface area contributed by atoms with Gasteiger partial charge in [-0.1, -0.05) is 29.3 Å². The molecule has 0 saturated heterocycles. The van der Waals surface area contributed by atoms with Crippen LogP contribution in [0, 0.1) is 0 Å². The Labute approximate surface area is 117 Å². The first kappa shape index (κ1) is 13.8. The molecule has 1 heterocycles. The summed E-state index contributed by atoms with van der Waals surface area (Å²) in [7, 11) is -3.37. The van der Waals surface area contributed by atoms with E-state index in [0.717, 1.165) is 17.3 Å². The Bertz CT molecular complexity index is 529. The number of sulfonamides is 1. The molecule has 1 N–H and O–H groups in total. The number of halogens is 1. The maximum atomic E-state index is 12.5. The predicted octanol–water partition coefficient (Wildman–Crippen LogP) is 2.67. The van der Waals surface area contributed by atoms with Gasteiger partial charge in [0.25, 0.3) is 0 Å². The van der Waals surface area contributed by atoms with E-state index in [-0.39, 0.29) is 0 Å². The van der Waals surface area contributed by atoms with Crippen molar-refractivity contribution in [3.05, 3.63) is 22.7 Å². The number of hydrogen-bond acceptors (Lipinski definition) is 3. The summed E-state index contributed by atoms with van der Waals surface area (Å²) in [6.45, 7) is 3.83. The van der Waals surface area contributed by atoms with Gasteiger partial charge < -0.3 is 5.32 Å². The van der Waals surface area contributed by atoms with Gasteiger partial charge in [0, 0.05) is 24.1 Å². The summed E-state index contributed by atoms with van der Waals surface area (Å²) in [5.41, 5.74) is 0.692. The van der Waals surface area contributed by atoms with Crippen molar-refractivity contribution < 1.29 is 8.42 Å². The van der Waals surface area contributed by atoms with Crippen LogP contribution < -0.4 is 5.32 Å². The monoisotopic (exact) mass is 332 g/mol. The van der Waals surface area contributed by atoms with Crippen LogP contribution in [0.15, 0.2) is 27.6 Å². The van der Waals surface area contributed by atoms with Crippen LogP contribution >= 0.6 is 15.9 Å². The Morgan fingerprint density at radius 2 is 2.22 bits per heavy atom. The molecule has 0 aromatic heterocycles. The molecule has 0 fully saturated rings. The molecular weight excluding hydrogens is 316 g/mol. The van der Waals surface area contributed by atoms with Crippen molar-refractivity contribution >= 4 is 31.6 Å². The van der Waals surface area contributed by atoms with Gasteiger partial charge in [0.15, 0.2) is 0 Å². The lowest BCUT2D eigenvalue weighted by molar-refractivity contribution is 0.417. The second kappa shape index (κ2) is 5.59. The van der Waals surface area contributed by atoms with Crippen molar-refractivity contribution in [3.63, 3.8) is 0 Å². The zero-order valence-electron chi connectivity index (χ0n) is 10.3. The SMILES string of the molecule is CCCCN1CCNc2ccc(Br)cc2S1(=O)=O. The highest BCUT2D eigenvalue weighted by molar-refractivity contribution is 9.10. The van der Waals surface area contributed by atoms with Crippen molar-refractivity contribution in [1.82, 2.24) is 4.31 Å². The van der Waals surface area contributed by atoms with E-state index in [1.165, 1.54) is 0 Å². The molecule has 18 heavy (non-hydrogen) atoms. The third-order valence-electron chi connectivity index (χ3n) is 3.00. The van der Waals surface area contributed by atoms with E-state index in [0.29, 0.717) is 30.2 Å². The molecule has 0 spiro atoms. The second-order valence-corrected chi connectivity index (χ2v) is 7.15. The smallest absolute Gasteiger partial charge is 0.245 e. The summed E-state index contributed by atoms with van der Waals surface area (Å²) >= 11 is 3.33. The molecule has 0 amide bonds. The fraction of sp³-hybridized carbons (Fsp3) is 0.500. The van der Waals surface area contributed by atoms with Crippen molar-refractivity contribution in [3.8, 4) is 0 Å². The summed E-state index contributed by atoms with van der Waals surface area (Å²) < 4.78 is 27.4. The number of hydrogen-bond donors (Lipinski definition) is 1. The van der Waals surface area contributed by atoms with Crippen molar-refractivity contribution in [2.24, 2.45) is 0 Å². The Morgan fingerprint density at radius 3 is 2.94 bits per heavy atom. The number of rotatable bonds is 3. The van der Waals surface area contributed by atoms with Crippen LogP contribution in [0.4, 0.5) is 5.69 Å². The molecule has 0 atom stereocenters. The number of unbranched alkanes of at least 4 members (excludes halogenated alkanes) is 1. The molecular formula is C12H17BrN2O2S. The van der Waals surface area contributed by atoms with Crippen LogP contribution in [-0.2, 0) is 10.0 Å². The van der Waals surface area contributed by atoms with Crippen LogP contribution in [-0.4, -0.2) is 32.4 Å². The first-order chi connectivity index (χ1) is 8.55. The minimum Gasteiger partial charge on any atom is -0.383 e. The molecule has 1 aromatic rings. The normalized spacial score (nSPS) is 18.8. The Balaban J connectivity index is 2.42. The van der Waals surface area contributed by atoms with E-state index in [2.05, 4.69) is 28.2 Å². The minimum atomic E-state index is -3.37. The van der Waals surface area contributed by atoms with Crippen molar-refractivity contribution in [2.75, 3.05) is 25.0 Å². The summed E-state index contributed by atoms with van der Waals surface area (Å²) in [6, 6.07) is 5.32. The fourth-order valence-electron chi connectivity index (χ4n) is 2.00. The number of benzene rings is 1. The summed E-state index contributed by atoms with van der Waals surface area (Å²) in [6.07, 6.45) is 1.88. The second-order valence-electron chi connectivity index (χ2n) is 4.32. The number of nitrogens with one attached hydrogen (secondary N) is 1. The Hall–Kier alpha value is -0.590.